The molecule has 3 heteroatoms. The van der Waals surface area contributed by atoms with Crippen molar-refractivity contribution in [1.29, 1.82) is 0 Å². The predicted molar refractivity (Wildman–Crippen MR) is 55.6 cm³/mol. The van der Waals surface area contributed by atoms with Gasteiger partial charge in [-0.1, -0.05) is 0 Å². The summed E-state index contributed by atoms with van der Waals surface area (Å²) < 4.78 is 26.5. The van der Waals surface area contributed by atoms with Crippen LogP contribution in [0.25, 0.3) is 0 Å². The molecular weight excluding hydrogens is 196 g/mol. The Hall–Kier alpha value is -0.960. The highest BCUT2D eigenvalue weighted by Gasteiger charge is 2.21. The van der Waals surface area contributed by atoms with E-state index in [9.17, 15) is 8.78 Å². The Balaban J connectivity index is 2.33. The van der Waals surface area contributed by atoms with E-state index in [1.807, 2.05) is 0 Å². The van der Waals surface area contributed by atoms with Crippen molar-refractivity contribution in [3.8, 4) is 0 Å². The van der Waals surface area contributed by atoms with E-state index in [0.29, 0.717) is 18.2 Å². The fraction of sp³-hybridized carbons (Fsp3) is 0.500. The fourth-order valence-corrected chi connectivity index (χ4v) is 2.04. The van der Waals surface area contributed by atoms with Gasteiger partial charge >= 0.3 is 0 Å². The molecule has 0 atom stereocenters. The van der Waals surface area contributed by atoms with Crippen LogP contribution >= 0.6 is 0 Å². The Morgan fingerprint density at radius 1 is 1.27 bits per heavy atom. The van der Waals surface area contributed by atoms with Crippen LogP contribution in [0.15, 0.2) is 12.1 Å². The zero-order valence-electron chi connectivity index (χ0n) is 9.06. The second-order valence-electron chi connectivity index (χ2n) is 4.34. The van der Waals surface area contributed by atoms with Crippen LogP contribution in [0, 0.1) is 11.6 Å². The maximum absolute atomic E-state index is 13.5. The number of fused-ring (bicyclic) bond motifs is 1. The summed E-state index contributed by atoms with van der Waals surface area (Å²) in [6.45, 7) is 5.66. The fourth-order valence-electron chi connectivity index (χ4n) is 2.04. The molecule has 15 heavy (non-hydrogen) atoms. The van der Waals surface area contributed by atoms with Crippen LogP contribution in [0.4, 0.5) is 8.78 Å². The average Bonchev–Trinajstić information content (AvgIpc) is 2.16. The van der Waals surface area contributed by atoms with Crippen LogP contribution in [-0.2, 0) is 13.0 Å². The number of hydrogen-bond acceptors (Lipinski definition) is 1. The molecule has 1 aromatic rings. The van der Waals surface area contributed by atoms with E-state index in [-0.39, 0.29) is 0 Å². The first-order chi connectivity index (χ1) is 7.08. The monoisotopic (exact) mass is 211 g/mol. The third-order valence-corrected chi connectivity index (χ3v) is 3.01. The smallest absolute Gasteiger partial charge is 0.130 e. The molecule has 0 amide bonds. The van der Waals surface area contributed by atoms with Gasteiger partial charge in [0.15, 0.2) is 0 Å². The summed E-state index contributed by atoms with van der Waals surface area (Å²) in [5.41, 5.74) is 1.49. The Morgan fingerprint density at radius 3 is 2.67 bits per heavy atom. The molecule has 0 aliphatic carbocycles. The van der Waals surface area contributed by atoms with E-state index >= 15 is 0 Å². The van der Waals surface area contributed by atoms with Gasteiger partial charge in [0.25, 0.3) is 0 Å². The van der Waals surface area contributed by atoms with Crippen LogP contribution in [0.2, 0.25) is 0 Å². The van der Waals surface area contributed by atoms with E-state index < -0.39 is 11.6 Å². The van der Waals surface area contributed by atoms with Gasteiger partial charge in [0, 0.05) is 30.8 Å². The minimum atomic E-state index is -0.468. The molecule has 0 unspecified atom stereocenters. The Labute approximate surface area is 88.7 Å². The van der Waals surface area contributed by atoms with E-state index in [1.165, 1.54) is 6.07 Å². The number of nitrogens with zero attached hydrogens (tertiary/aromatic N) is 1. The third kappa shape index (κ3) is 2.02. The molecule has 0 aromatic heterocycles. The lowest BCUT2D eigenvalue weighted by Gasteiger charge is -2.32. The lowest BCUT2D eigenvalue weighted by Crippen LogP contribution is -2.36. The molecule has 0 spiro atoms. The van der Waals surface area contributed by atoms with Crippen LogP contribution in [0.3, 0.4) is 0 Å². The van der Waals surface area contributed by atoms with Gasteiger partial charge in [-0.25, -0.2) is 8.78 Å². The Kier molecular flexibility index (Phi) is 2.74. The Morgan fingerprint density at radius 2 is 2.00 bits per heavy atom. The maximum Gasteiger partial charge on any atom is 0.130 e. The lowest BCUT2D eigenvalue weighted by molar-refractivity contribution is 0.199. The SMILES string of the molecule is CC(C)N1CCc2cc(F)cc(F)c2C1. The zero-order chi connectivity index (χ0) is 11.0. The van der Waals surface area contributed by atoms with Crippen molar-refractivity contribution in [3.63, 3.8) is 0 Å². The van der Waals surface area contributed by atoms with Crippen molar-refractivity contribution in [2.75, 3.05) is 6.54 Å². The highest BCUT2D eigenvalue weighted by Crippen LogP contribution is 2.24. The average molecular weight is 211 g/mol. The van der Waals surface area contributed by atoms with Crippen LogP contribution in [0.1, 0.15) is 25.0 Å². The van der Waals surface area contributed by atoms with E-state index in [0.717, 1.165) is 24.6 Å². The van der Waals surface area contributed by atoms with E-state index in [2.05, 4.69) is 18.7 Å². The van der Waals surface area contributed by atoms with Crippen molar-refractivity contribution in [1.82, 2.24) is 4.90 Å². The molecule has 0 bridgehead atoms. The van der Waals surface area contributed by atoms with Crippen molar-refractivity contribution in [2.24, 2.45) is 0 Å². The molecule has 0 saturated carbocycles. The second-order valence-corrected chi connectivity index (χ2v) is 4.34. The van der Waals surface area contributed by atoms with Crippen LogP contribution in [-0.4, -0.2) is 17.5 Å². The summed E-state index contributed by atoms with van der Waals surface area (Å²) in [7, 11) is 0. The summed E-state index contributed by atoms with van der Waals surface area (Å²) in [4.78, 5) is 2.20. The van der Waals surface area contributed by atoms with Gasteiger partial charge in [-0.3, -0.25) is 4.90 Å². The molecule has 2 rings (SSSR count). The van der Waals surface area contributed by atoms with Gasteiger partial charge in [-0.05, 0) is 31.9 Å². The molecule has 1 aromatic carbocycles. The summed E-state index contributed by atoms with van der Waals surface area (Å²) in [5.74, 6) is -0.875. The lowest BCUT2D eigenvalue weighted by atomic mass is 9.98. The molecule has 82 valence electrons. The van der Waals surface area contributed by atoms with Gasteiger partial charge in [-0.2, -0.15) is 0 Å². The summed E-state index contributed by atoms with van der Waals surface area (Å²) in [5, 5.41) is 0. The molecule has 1 nitrogen and oxygen atoms in total. The summed E-state index contributed by atoms with van der Waals surface area (Å²) in [6, 6.07) is 2.83. The largest absolute Gasteiger partial charge is 0.296 e. The summed E-state index contributed by atoms with van der Waals surface area (Å²) >= 11 is 0. The minimum absolute atomic E-state index is 0.405. The first-order valence-electron chi connectivity index (χ1n) is 5.29. The number of halogens is 2. The molecule has 0 N–H and O–H groups in total. The molecule has 0 saturated heterocycles. The van der Waals surface area contributed by atoms with Gasteiger partial charge in [0.1, 0.15) is 11.6 Å². The molecule has 1 aliphatic heterocycles. The molecular formula is C12H15F2N. The first kappa shape index (κ1) is 10.6. The van der Waals surface area contributed by atoms with Crippen molar-refractivity contribution >= 4 is 0 Å². The van der Waals surface area contributed by atoms with Crippen molar-refractivity contribution in [3.05, 3.63) is 34.9 Å². The standard InChI is InChI=1S/C12H15F2N/c1-8(2)15-4-3-9-5-10(13)6-12(14)11(9)7-15/h5-6,8H,3-4,7H2,1-2H3. The maximum atomic E-state index is 13.5. The number of benzene rings is 1. The highest BCUT2D eigenvalue weighted by atomic mass is 19.1. The third-order valence-electron chi connectivity index (χ3n) is 3.01. The second kappa shape index (κ2) is 3.89. The van der Waals surface area contributed by atoms with Gasteiger partial charge in [0.05, 0.1) is 0 Å². The highest BCUT2D eigenvalue weighted by molar-refractivity contribution is 5.31. The van der Waals surface area contributed by atoms with Gasteiger partial charge in [-0.15, -0.1) is 0 Å². The molecule has 0 radical (unpaired) electrons. The first-order valence-corrected chi connectivity index (χ1v) is 5.29. The molecule has 1 aliphatic rings. The quantitative estimate of drug-likeness (QED) is 0.690. The number of rotatable bonds is 1. The van der Waals surface area contributed by atoms with Crippen LogP contribution < -0.4 is 0 Å². The van der Waals surface area contributed by atoms with Crippen molar-refractivity contribution < 1.29 is 8.78 Å². The Bertz CT molecular complexity index is 374. The van der Waals surface area contributed by atoms with Gasteiger partial charge in [0.2, 0.25) is 0 Å². The predicted octanol–water partition coefficient (Wildman–Crippen LogP) is 2.73. The normalized spacial score (nSPS) is 16.9. The van der Waals surface area contributed by atoms with Crippen molar-refractivity contribution in [2.45, 2.75) is 32.9 Å². The van der Waals surface area contributed by atoms with Gasteiger partial charge < -0.3 is 0 Å². The molecule has 0 fully saturated rings. The topological polar surface area (TPSA) is 3.24 Å². The van der Waals surface area contributed by atoms with E-state index in [4.69, 9.17) is 0 Å². The van der Waals surface area contributed by atoms with E-state index in [1.54, 1.807) is 0 Å². The minimum Gasteiger partial charge on any atom is -0.296 e. The molecule has 1 heterocycles. The zero-order valence-corrected chi connectivity index (χ0v) is 9.06. The summed E-state index contributed by atoms with van der Waals surface area (Å²) in [6.07, 6.45) is 0.738. The number of hydrogen-bond donors (Lipinski definition) is 0. The van der Waals surface area contributed by atoms with Crippen LogP contribution in [0.5, 0.6) is 0 Å².